The van der Waals surface area contributed by atoms with Crippen molar-refractivity contribution in [2.24, 2.45) is 11.7 Å². The zero-order valence-electron chi connectivity index (χ0n) is 11.6. The summed E-state index contributed by atoms with van der Waals surface area (Å²) in [6, 6.07) is 10.4. The van der Waals surface area contributed by atoms with Crippen molar-refractivity contribution in [3.63, 3.8) is 0 Å². The molecule has 0 aliphatic heterocycles. The van der Waals surface area contributed by atoms with Gasteiger partial charge in [0.25, 0.3) is 0 Å². The first-order valence-electron chi connectivity index (χ1n) is 7.26. The van der Waals surface area contributed by atoms with Crippen LogP contribution in [-0.2, 0) is 11.2 Å². The van der Waals surface area contributed by atoms with Crippen molar-refractivity contribution in [2.45, 2.75) is 51.1 Å². The van der Waals surface area contributed by atoms with Crippen molar-refractivity contribution in [1.29, 1.82) is 0 Å². The van der Waals surface area contributed by atoms with E-state index >= 15 is 0 Å². The molecule has 1 aromatic carbocycles. The van der Waals surface area contributed by atoms with Gasteiger partial charge < -0.3 is 11.1 Å². The number of amides is 1. The number of benzene rings is 1. The normalized spacial score (nSPS) is 24.7. The van der Waals surface area contributed by atoms with Crippen LogP contribution in [0.5, 0.6) is 0 Å². The smallest absolute Gasteiger partial charge is 0.236 e. The number of nitrogens with one attached hydrogen (secondary N) is 1. The zero-order chi connectivity index (χ0) is 13.7. The van der Waals surface area contributed by atoms with Gasteiger partial charge in [0.05, 0.1) is 6.04 Å². The lowest BCUT2D eigenvalue weighted by molar-refractivity contribution is -0.123. The predicted molar refractivity (Wildman–Crippen MR) is 77.7 cm³/mol. The Hall–Kier alpha value is -1.35. The van der Waals surface area contributed by atoms with Crippen LogP contribution in [0.25, 0.3) is 0 Å². The molecule has 3 N–H and O–H groups in total. The third-order valence-electron chi connectivity index (χ3n) is 3.99. The van der Waals surface area contributed by atoms with Crippen LogP contribution in [0.3, 0.4) is 0 Å². The minimum Gasteiger partial charge on any atom is -0.352 e. The topological polar surface area (TPSA) is 55.1 Å². The highest BCUT2D eigenvalue weighted by atomic mass is 16.2. The second-order valence-electron chi connectivity index (χ2n) is 5.64. The minimum absolute atomic E-state index is 0.0232. The molecule has 104 valence electrons. The van der Waals surface area contributed by atoms with Gasteiger partial charge in [0.15, 0.2) is 0 Å². The summed E-state index contributed by atoms with van der Waals surface area (Å²) in [6.07, 6.45) is 5.79. The van der Waals surface area contributed by atoms with Crippen LogP contribution in [0.15, 0.2) is 30.3 Å². The summed E-state index contributed by atoms with van der Waals surface area (Å²) in [5, 5.41) is 3.12. The molecule has 2 rings (SSSR count). The van der Waals surface area contributed by atoms with E-state index in [0.717, 1.165) is 12.8 Å². The molecule has 1 fully saturated rings. The molecule has 3 nitrogen and oxygen atoms in total. The van der Waals surface area contributed by atoms with E-state index < -0.39 is 6.04 Å². The summed E-state index contributed by atoms with van der Waals surface area (Å²) in [6.45, 7) is 1.74. The summed E-state index contributed by atoms with van der Waals surface area (Å²) in [5.74, 6) is 0.517. The Morgan fingerprint density at radius 1 is 1.32 bits per heavy atom. The molecule has 19 heavy (non-hydrogen) atoms. The highest BCUT2D eigenvalue weighted by molar-refractivity contribution is 5.81. The van der Waals surface area contributed by atoms with Crippen LogP contribution >= 0.6 is 0 Å². The minimum atomic E-state index is -0.417. The maximum absolute atomic E-state index is 11.8. The lowest BCUT2D eigenvalue weighted by Crippen LogP contribution is -2.48. The molecule has 1 saturated carbocycles. The average molecular weight is 260 g/mol. The molecule has 0 heterocycles. The Balaban J connectivity index is 1.98. The molecular weight excluding hydrogens is 236 g/mol. The molecule has 0 aromatic heterocycles. The van der Waals surface area contributed by atoms with Gasteiger partial charge in [0.2, 0.25) is 5.91 Å². The molecule has 0 saturated heterocycles. The second-order valence-corrected chi connectivity index (χ2v) is 5.64. The largest absolute Gasteiger partial charge is 0.352 e. The van der Waals surface area contributed by atoms with Gasteiger partial charge in [-0.3, -0.25) is 4.79 Å². The van der Waals surface area contributed by atoms with Gasteiger partial charge in [-0.15, -0.1) is 0 Å². The Morgan fingerprint density at radius 2 is 2.00 bits per heavy atom. The van der Waals surface area contributed by atoms with Crippen LogP contribution in [0, 0.1) is 5.92 Å². The standard InChI is InChI=1S/C16H24N2O/c1-12(17)16(19)18-15-10-6-5-9-14(15)11-13-7-3-2-4-8-13/h2-4,7-8,12,14-15H,5-6,9-11,17H2,1H3,(H,18,19)/t12-,14?,15?/m1/s1. The summed E-state index contributed by atoms with van der Waals surface area (Å²) in [4.78, 5) is 11.8. The Morgan fingerprint density at radius 3 is 2.68 bits per heavy atom. The predicted octanol–water partition coefficient (Wildman–Crippen LogP) is 2.25. The van der Waals surface area contributed by atoms with E-state index in [1.54, 1.807) is 6.92 Å². The number of carbonyl (C=O) groups excluding carboxylic acids is 1. The van der Waals surface area contributed by atoms with Crippen LogP contribution in [0.1, 0.15) is 38.2 Å². The van der Waals surface area contributed by atoms with E-state index in [4.69, 9.17) is 5.73 Å². The Labute approximate surface area is 115 Å². The number of hydrogen-bond donors (Lipinski definition) is 2. The number of hydrogen-bond acceptors (Lipinski definition) is 2. The maximum Gasteiger partial charge on any atom is 0.236 e. The van der Waals surface area contributed by atoms with Gasteiger partial charge in [0, 0.05) is 6.04 Å². The molecule has 1 aliphatic rings. The number of carbonyl (C=O) groups is 1. The quantitative estimate of drug-likeness (QED) is 0.872. The van der Waals surface area contributed by atoms with Crippen molar-refractivity contribution in [3.05, 3.63) is 35.9 Å². The molecule has 2 unspecified atom stereocenters. The van der Waals surface area contributed by atoms with Crippen LogP contribution < -0.4 is 11.1 Å². The van der Waals surface area contributed by atoms with Crippen molar-refractivity contribution in [3.8, 4) is 0 Å². The van der Waals surface area contributed by atoms with E-state index in [1.807, 2.05) is 6.07 Å². The third-order valence-corrected chi connectivity index (χ3v) is 3.99. The van der Waals surface area contributed by atoms with Crippen LogP contribution in [0.4, 0.5) is 0 Å². The lowest BCUT2D eigenvalue weighted by atomic mass is 9.80. The Bertz CT molecular complexity index is 402. The van der Waals surface area contributed by atoms with Gasteiger partial charge >= 0.3 is 0 Å². The Kier molecular flexibility index (Phi) is 4.97. The fourth-order valence-corrected chi connectivity index (χ4v) is 2.87. The molecule has 1 aromatic rings. The van der Waals surface area contributed by atoms with E-state index in [1.165, 1.54) is 24.8 Å². The fraction of sp³-hybridized carbons (Fsp3) is 0.562. The van der Waals surface area contributed by atoms with E-state index in [-0.39, 0.29) is 11.9 Å². The second kappa shape index (κ2) is 6.71. The summed E-state index contributed by atoms with van der Waals surface area (Å²) >= 11 is 0. The van der Waals surface area contributed by atoms with Gasteiger partial charge in [-0.1, -0.05) is 43.2 Å². The van der Waals surface area contributed by atoms with Crippen LogP contribution in [0.2, 0.25) is 0 Å². The van der Waals surface area contributed by atoms with Gasteiger partial charge in [-0.25, -0.2) is 0 Å². The molecule has 1 amide bonds. The van der Waals surface area contributed by atoms with Crippen LogP contribution in [-0.4, -0.2) is 18.0 Å². The average Bonchev–Trinajstić information content (AvgIpc) is 2.42. The maximum atomic E-state index is 11.8. The molecule has 3 atom stereocenters. The first-order chi connectivity index (χ1) is 9.16. The fourth-order valence-electron chi connectivity index (χ4n) is 2.87. The lowest BCUT2D eigenvalue weighted by Gasteiger charge is -2.32. The SMILES string of the molecule is C[C@@H](N)C(=O)NC1CCCCC1Cc1ccccc1. The third kappa shape index (κ3) is 4.06. The summed E-state index contributed by atoms with van der Waals surface area (Å²) in [7, 11) is 0. The van der Waals surface area contributed by atoms with Gasteiger partial charge in [0.1, 0.15) is 0 Å². The highest BCUT2D eigenvalue weighted by Crippen LogP contribution is 2.27. The zero-order valence-corrected chi connectivity index (χ0v) is 11.6. The van der Waals surface area contributed by atoms with Crippen molar-refractivity contribution < 1.29 is 4.79 Å². The molecule has 0 bridgehead atoms. The first kappa shape index (κ1) is 14.1. The summed E-state index contributed by atoms with van der Waals surface area (Å²) in [5.41, 5.74) is 7.00. The van der Waals surface area contributed by atoms with E-state index in [9.17, 15) is 4.79 Å². The number of nitrogens with two attached hydrogens (primary N) is 1. The monoisotopic (exact) mass is 260 g/mol. The van der Waals surface area contributed by atoms with Gasteiger partial charge in [-0.05, 0) is 37.7 Å². The van der Waals surface area contributed by atoms with Crippen molar-refractivity contribution in [2.75, 3.05) is 0 Å². The molecule has 3 heteroatoms. The van der Waals surface area contributed by atoms with E-state index in [0.29, 0.717) is 5.92 Å². The van der Waals surface area contributed by atoms with E-state index in [2.05, 4.69) is 29.6 Å². The van der Waals surface area contributed by atoms with Gasteiger partial charge in [-0.2, -0.15) is 0 Å². The first-order valence-corrected chi connectivity index (χ1v) is 7.26. The molecular formula is C16H24N2O. The molecule has 0 spiro atoms. The highest BCUT2D eigenvalue weighted by Gasteiger charge is 2.27. The molecule has 0 radical (unpaired) electrons. The van der Waals surface area contributed by atoms with Crippen molar-refractivity contribution in [1.82, 2.24) is 5.32 Å². The summed E-state index contributed by atoms with van der Waals surface area (Å²) < 4.78 is 0. The molecule has 1 aliphatic carbocycles. The number of rotatable bonds is 4. The van der Waals surface area contributed by atoms with Crippen molar-refractivity contribution >= 4 is 5.91 Å².